The van der Waals surface area contributed by atoms with E-state index in [2.05, 4.69) is 10.3 Å². The molecular weight excluding hydrogens is 210 g/mol. The second-order valence-corrected chi connectivity index (χ2v) is 3.85. The van der Waals surface area contributed by atoms with Crippen molar-refractivity contribution in [3.63, 3.8) is 0 Å². The summed E-state index contributed by atoms with van der Waals surface area (Å²) in [4.78, 5) is 13.8. The summed E-state index contributed by atoms with van der Waals surface area (Å²) in [5.74, 6) is 0. The summed E-state index contributed by atoms with van der Waals surface area (Å²) in [5, 5.41) is 23.6. The number of hydrogen-bond donors (Lipinski definition) is 2. The number of nitrogens with one attached hydrogen (secondary N) is 1. The van der Waals surface area contributed by atoms with E-state index in [0.717, 1.165) is 19.4 Å². The van der Waals surface area contributed by atoms with Crippen molar-refractivity contribution in [2.45, 2.75) is 25.0 Å². The van der Waals surface area contributed by atoms with E-state index >= 15 is 0 Å². The average Bonchev–Trinajstić information content (AvgIpc) is 2.81. The average molecular weight is 223 g/mol. The Morgan fingerprint density at radius 2 is 2.44 bits per heavy atom. The van der Waals surface area contributed by atoms with Gasteiger partial charge in [0.25, 0.3) is 5.69 Å². The molecule has 1 fully saturated rings. The van der Waals surface area contributed by atoms with Gasteiger partial charge in [-0.3, -0.25) is 15.1 Å². The Kier molecular flexibility index (Phi) is 3.12. The Hall–Kier alpha value is -1.53. The molecule has 2 rings (SSSR count). The van der Waals surface area contributed by atoms with Crippen LogP contribution in [0.3, 0.4) is 0 Å². The first-order chi connectivity index (χ1) is 7.68. The lowest BCUT2D eigenvalue weighted by Crippen LogP contribution is -2.29. The molecule has 1 aromatic rings. The van der Waals surface area contributed by atoms with E-state index in [0.29, 0.717) is 5.69 Å². The summed E-state index contributed by atoms with van der Waals surface area (Å²) < 4.78 is 0. The quantitative estimate of drug-likeness (QED) is 0.583. The van der Waals surface area contributed by atoms with Crippen LogP contribution in [0.2, 0.25) is 0 Å². The second-order valence-electron chi connectivity index (χ2n) is 3.85. The minimum atomic E-state index is -0.691. The number of rotatable bonds is 3. The Labute approximate surface area is 92.5 Å². The smallest absolute Gasteiger partial charge is 0.287 e. The summed E-state index contributed by atoms with van der Waals surface area (Å²) in [5.41, 5.74) is 0.417. The lowest BCUT2D eigenvalue weighted by Gasteiger charge is -2.17. The normalized spacial score (nSPS) is 21.9. The fourth-order valence-electron chi connectivity index (χ4n) is 1.87. The van der Waals surface area contributed by atoms with Crippen molar-refractivity contribution in [3.8, 4) is 0 Å². The van der Waals surface area contributed by atoms with Crippen LogP contribution < -0.4 is 5.32 Å². The molecular formula is C10H13N3O3. The zero-order chi connectivity index (χ0) is 11.5. The largest absolute Gasteiger partial charge is 0.385 e. The highest BCUT2D eigenvalue weighted by Gasteiger charge is 2.25. The second kappa shape index (κ2) is 4.54. The molecule has 1 aliphatic rings. The van der Waals surface area contributed by atoms with Crippen molar-refractivity contribution in [1.82, 2.24) is 10.3 Å². The number of nitrogens with zero attached hydrogens (tertiary/aromatic N) is 2. The van der Waals surface area contributed by atoms with E-state index in [1.165, 1.54) is 18.3 Å². The van der Waals surface area contributed by atoms with Gasteiger partial charge in [0.1, 0.15) is 12.3 Å². The maximum absolute atomic E-state index is 10.4. The molecule has 0 aliphatic carbocycles. The lowest BCUT2D eigenvalue weighted by molar-refractivity contribution is -0.385. The molecule has 2 N–H and O–H groups in total. The van der Waals surface area contributed by atoms with Crippen LogP contribution in [0.15, 0.2) is 18.3 Å². The van der Waals surface area contributed by atoms with E-state index in [1.54, 1.807) is 0 Å². The van der Waals surface area contributed by atoms with Gasteiger partial charge in [-0.2, -0.15) is 0 Å². The van der Waals surface area contributed by atoms with Crippen molar-refractivity contribution in [2.24, 2.45) is 0 Å². The van der Waals surface area contributed by atoms with Crippen LogP contribution in [-0.2, 0) is 0 Å². The van der Waals surface area contributed by atoms with Gasteiger partial charge < -0.3 is 10.4 Å². The van der Waals surface area contributed by atoms with Crippen LogP contribution in [0, 0.1) is 10.1 Å². The Morgan fingerprint density at radius 3 is 2.94 bits per heavy atom. The Bertz CT molecular complexity index is 373. The summed E-state index contributed by atoms with van der Waals surface area (Å²) in [6.07, 6.45) is 2.42. The summed E-state index contributed by atoms with van der Waals surface area (Å²) in [6.45, 7) is 0.898. The molecule has 6 nitrogen and oxygen atoms in total. The lowest BCUT2D eigenvalue weighted by atomic mass is 10.1. The molecule has 2 heterocycles. The fourth-order valence-corrected chi connectivity index (χ4v) is 1.87. The van der Waals surface area contributed by atoms with Gasteiger partial charge in [-0.15, -0.1) is 0 Å². The first-order valence-corrected chi connectivity index (χ1v) is 5.20. The van der Waals surface area contributed by atoms with Gasteiger partial charge in [-0.1, -0.05) is 0 Å². The number of hydrogen-bond acceptors (Lipinski definition) is 5. The van der Waals surface area contributed by atoms with Gasteiger partial charge >= 0.3 is 0 Å². The van der Waals surface area contributed by atoms with Gasteiger partial charge in [-0.05, 0) is 25.5 Å². The van der Waals surface area contributed by atoms with Crippen LogP contribution in [0.25, 0.3) is 0 Å². The number of aromatic nitrogens is 1. The molecule has 0 saturated carbocycles. The third kappa shape index (κ3) is 2.17. The zero-order valence-corrected chi connectivity index (χ0v) is 8.67. The van der Waals surface area contributed by atoms with Gasteiger partial charge in [0.05, 0.1) is 10.6 Å². The van der Waals surface area contributed by atoms with Gasteiger partial charge in [0, 0.05) is 12.1 Å². The zero-order valence-electron chi connectivity index (χ0n) is 8.67. The van der Waals surface area contributed by atoms with Crippen molar-refractivity contribution in [2.75, 3.05) is 6.54 Å². The topological polar surface area (TPSA) is 88.3 Å². The number of aliphatic hydroxyl groups is 1. The van der Waals surface area contributed by atoms with Gasteiger partial charge in [-0.25, -0.2) is 0 Å². The number of aliphatic hydroxyl groups excluding tert-OH is 1. The molecule has 2 atom stereocenters. The first-order valence-electron chi connectivity index (χ1n) is 5.20. The highest BCUT2D eigenvalue weighted by molar-refractivity contribution is 5.27. The van der Waals surface area contributed by atoms with Crippen LogP contribution in [0.1, 0.15) is 24.6 Å². The molecule has 0 spiro atoms. The van der Waals surface area contributed by atoms with E-state index in [-0.39, 0.29) is 11.7 Å². The third-order valence-corrected chi connectivity index (χ3v) is 2.76. The maximum atomic E-state index is 10.4. The van der Waals surface area contributed by atoms with E-state index in [9.17, 15) is 15.2 Å². The van der Waals surface area contributed by atoms with Gasteiger partial charge in [0.15, 0.2) is 0 Å². The standard InChI is InChI=1S/C10H13N3O3/c14-10(8-2-1-5-11-8)9-4-3-7(6-12-9)13(15)16/h3-4,6,8,10-11,14H,1-2,5H2. The van der Waals surface area contributed by atoms with Crippen molar-refractivity contribution >= 4 is 5.69 Å². The maximum Gasteiger partial charge on any atom is 0.287 e. The van der Waals surface area contributed by atoms with Crippen molar-refractivity contribution < 1.29 is 10.0 Å². The highest BCUT2D eigenvalue weighted by Crippen LogP contribution is 2.22. The molecule has 1 aliphatic heterocycles. The predicted octanol–water partition coefficient (Wildman–Crippen LogP) is 0.775. The van der Waals surface area contributed by atoms with Crippen LogP contribution in [0.4, 0.5) is 5.69 Å². The summed E-state index contributed by atoms with van der Waals surface area (Å²) >= 11 is 0. The van der Waals surface area contributed by atoms with E-state index in [1.807, 2.05) is 0 Å². The Morgan fingerprint density at radius 1 is 1.62 bits per heavy atom. The molecule has 2 unspecified atom stereocenters. The van der Waals surface area contributed by atoms with Crippen molar-refractivity contribution in [3.05, 3.63) is 34.1 Å². The fraction of sp³-hybridized carbons (Fsp3) is 0.500. The molecule has 1 saturated heterocycles. The molecule has 1 aromatic heterocycles. The van der Waals surface area contributed by atoms with Gasteiger partial charge in [0.2, 0.25) is 0 Å². The monoisotopic (exact) mass is 223 g/mol. The van der Waals surface area contributed by atoms with Crippen molar-refractivity contribution in [1.29, 1.82) is 0 Å². The van der Waals surface area contributed by atoms with E-state index < -0.39 is 11.0 Å². The summed E-state index contributed by atoms with van der Waals surface area (Å²) in [7, 11) is 0. The molecule has 0 bridgehead atoms. The SMILES string of the molecule is O=[N+]([O-])c1ccc(C(O)C2CCCN2)nc1. The third-order valence-electron chi connectivity index (χ3n) is 2.76. The number of nitro groups is 1. The number of pyridine rings is 1. The highest BCUT2D eigenvalue weighted by atomic mass is 16.6. The van der Waals surface area contributed by atoms with Crippen LogP contribution in [0.5, 0.6) is 0 Å². The van der Waals surface area contributed by atoms with E-state index in [4.69, 9.17) is 0 Å². The summed E-state index contributed by atoms with van der Waals surface area (Å²) in [6, 6.07) is 2.87. The molecule has 0 amide bonds. The molecule has 16 heavy (non-hydrogen) atoms. The molecule has 0 radical (unpaired) electrons. The molecule has 86 valence electrons. The first kappa shape index (κ1) is 11.0. The predicted molar refractivity (Wildman–Crippen MR) is 56.9 cm³/mol. The Balaban J connectivity index is 2.11. The minimum Gasteiger partial charge on any atom is -0.385 e. The van der Waals surface area contributed by atoms with Crippen LogP contribution in [-0.4, -0.2) is 27.6 Å². The minimum absolute atomic E-state index is 0.00829. The molecule has 6 heteroatoms. The molecule has 0 aromatic carbocycles. The van der Waals surface area contributed by atoms with Crippen LogP contribution >= 0.6 is 0 Å².